The second-order valence-electron chi connectivity index (χ2n) is 7.17. The number of fused-ring (bicyclic) bond motifs is 1. The highest BCUT2D eigenvalue weighted by Gasteiger charge is 2.33. The summed E-state index contributed by atoms with van der Waals surface area (Å²) in [6.45, 7) is 3.14. The van der Waals surface area contributed by atoms with Gasteiger partial charge in [0.25, 0.3) is 5.91 Å². The zero-order valence-corrected chi connectivity index (χ0v) is 15.7. The van der Waals surface area contributed by atoms with Crippen LogP contribution in [0.15, 0.2) is 18.2 Å². The average molecular weight is 380 g/mol. The number of likely N-dealkylation sites (tertiary alicyclic amines) is 1. The van der Waals surface area contributed by atoms with E-state index in [2.05, 4.69) is 0 Å². The number of hydrogen-bond acceptors (Lipinski definition) is 5. The van der Waals surface area contributed by atoms with Crippen molar-refractivity contribution in [3.63, 3.8) is 0 Å². The van der Waals surface area contributed by atoms with Gasteiger partial charge < -0.3 is 14.4 Å². The fraction of sp³-hybridized carbons (Fsp3) is 0.611. The summed E-state index contributed by atoms with van der Waals surface area (Å²) >= 11 is 0. The van der Waals surface area contributed by atoms with Crippen molar-refractivity contribution in [3.8, 4) is 0 Å². The van der Waals surface area contributed by atoms with Gasteiger partial charge in [-0.3, -0.25) is 9.10 Å². The maximum atomic E-state index is 12.8. The molecule has 2 saturated heterocycles. The molecule has 0 saturated carbocycles. The van der Waals surface area contributed by atoms with E-state index in [1.54, 1.807) is 12.1 Å². The molecular formula is C18H24N2O5S. The third-order valence-corrected chi connectivity index (χ3v) is 6.62. The van der Waals surface area contributed by atoms with Gasteiger partial charge in [-0.2, -0.15) is 0 Å². The quantitative estimate of drug-likeness (QED) is 0.788. The zero-order chi connectivity index (χ0) is 18.3. The maximum absolute atomic E-state index is 12.8. The van der Waals surface area contributed by atoms with Crippen LogP contribution < -0.4 is 4.31 Å². The van der Waals surface area contributed by atoms with Crippen molar-refractivity contribution >= 4 is 21.6 Å². The van der Waals surface area contributed by atoms with E-state index in [9.17, 15) is 13.2 Å². The van der Waals surface area contributed by atoms with Crippen LogP contribution in [0.5, 0.6) is 0 Å². The Balaban J connectivity index is 1.43. The first kappa shape index (κ1) is 17.8. The first-order chi connectivity index (χ1) is 12.4. The Morgan fingerprint density at radius 1 is 1.12 bits per heavy atom. The van der Waals surface area contributed by atoms with Crippen LogP contribution in [0.2, 0.25) is 0 Å². The topological polar surface area (TPSA) is 76.2 Å². The summed E-state index contributed by atoms with van der Waals surface area (Å²) in [6, 6.07) is 5.33. The summed E-state index contributed by atoms with van der Waals surface area (Å²) in [5.41, 5.74) is 2.24. The lowest BCUT2D eigenvalue weighted by molar-refractivity contribution is -0.0956. The second kappa shape index (κ2) is 6.83. The molecule has 3 aliphatic rings. The van der Waals surface area contributed by atoms with Gasteiger partial charge in [0.05, 0.1) is 25.2 Å². The number of ether oxygens (including phenoxy) is 2. The summed E-state index contributed by atoms with van der Waals surface area (Å²) in [5.74, 6) is 0.363. The molecule has 4 rings (SSSR count). The predicted octanol–water partition coefficient (Wildman–Crippen LogP) is 1.23. The molecule has 0 spiro atoms. The normalized spacial score (nSPS) is 22.0. The number of hydrogen-bond donors (Lipinski definition) is 0. The van der Waals surface area contributed by atoms with E-state index in [1.807, 2.05) is 11.0 Å². The van der Waals surface area contributed by atoms with Crippen molar-refractivity contribution in [1.82, 2.24) is 4.90 Å². The summed E-state index contributed by atoms with van der Waals surface area (Å²) in [7, 11) is -3.27. The van der Waals surface area contributed by atoms with Gasteiger partial charge in [0.15, 0.2) is 6.29 Å². The van der Waals surface area contributed by atoms with Gasteiger partial charge in [-0.1, -0.05) is 0 Å². The number of sulfonamides is 1. The maximum Gasteiger partial charge on any atom is 0.253 e. The molecule has 3 heterocycles. The van der Waals surface area contributed by atoms with E-state index in [1.165, 1.54) is 10.6 Å². The van der Waals surface area contributed by atoms with Gasteiger partial charge in [0.2, 0.25) is 10.0 Å². The highest BCUT2D eigenvalue weighted by atomic mass is 32.2. The summed E-state index contributed by atoms with van der Waals surface area (Å²) < 4.78 is 36.2. The van der Waals surface area contributed by atoms with Gasteiger partial charge in [-0.05, 0) is 43.0 Å². The monoisotopic (exact) mass is 380 g/mol. The van der Waals surface area contributed by atoms with Crippen LogP contribution in [0.25, 0.3) is 0 Å². The Morgan fingerprint density at radius 2 is 1.81 bits per heavy atom. The smallest absolute Gasteiger partial charge is 0.253 e. The molecular weight excluding hydrogens is 356 g/mol. The molecule has 3 aliphatic heterocycles. The Kier molecular flexibility index (Phi) is 4.66. The van der Waals surface area contributed by atoms with E-state index < -0.39 is 10.0 Å². The lowest BCUT2D eigenvalue weighted by Gasteiger charge is -2.34. The fourth-order valence-electron chi connectivity index (χ4n) is 4.06. The lowest BCUT2D eigenvalue weighted by Crippen LogP contribution is -2.41. The summed E-state index contributed by atoms with van der Waals surface area (Å²) in [5, 5.41) is 0. The summed E-state index contributed by atoms with van der Waals surface area (Å²) in [6.07, 6.45) is 3.49. The van der Waals surface area contributed by atoms with E-state index in [0.29, 0.717) is 56.4 Å². The number of benzene rings is 1. The predicted molar refractivity (Wildman–Crippen MR) is 96.7 cm³/mol. The van der Waals surface area contributed by atoms with Crippen molar-refractivity contribution in [1.29, 1.82) is 0 Å². The number of piperidine rings is 1. The molecule has 26 heavy (non-hydrogen) atoms. The van der Waals surface area contributed by atoms with Gasteiger partial charge in [-0.25, -0.2) is 8.42 Å². The molecule has 1 amide bonds. The van der Waals surface area contributed by atoms with Crippen LogP contribution in [0, 0.1) is 5.92 Å². The number of rotatable bonds is 3. The molecule has 142 valence electrons. The van der Waals surface area contributed by atoms with Crippen LogP contribution in [-0.2, 0) is 25.9 Å². The SMILES string of the molecule is CS(=O)(=O)N1CCc2cc(C(=O)N3CCC(C4OCCO4)CC3)ccc21. The molecule has 0 aliphatic carbocycles. The van der Waals surface area contributed by atoms with Gasteiger partial charge in [0, 0.05) is 31.1 Å². The fourth-order valence-corrected chi connectivity index (χ4v) is 5.01. The van der Waals surface area contributed by atoms with E-state index in [0.717, 1.165) is 18.4 Å². The minimum Gasteiger partial charge on any atom is -0.350 e. The number of nitrogens with zero attached hydrogens (tertiary/aromatic N) is 2. The molecule has 0 atom stereocenters. The largest absolute Gasteiger partial charge is 0.350 e. The molecule has 0 bridgehead atoms. The van der Waals surface area contributed by atoms with E-state index in [-0.39, 0.29) is 12.2 Å². The van der Waals surface area contributed by atoms with Crippen LogP contribution in [-0.4, -0.2) is 64.6 Å². The first-order valence-electron chi connectivity index (χ1n) is 9.06. The minimum atomic E-state index is -3.27. The lowest BCUT2D eigenvalue weighted by atomic mass is 9.95. The van der Waals surface area contributed by atoms with Crippen LogP contribution >= 0.6 is 0 Å². The molecule has 0 radical (unpaired) electrons. The molecule has 0 N–H and O–H groups in total. The third-order valence-electron chi connectivity index (χ3n) is 5.44. The first-order valence-corrected chi connectivity index (χ1v) is 10.9. The van der Waals surface area contributed by atoms with Gasteiger partial charge >= 0.3 is 0 Å². The standard InChI is InChI=1S/C18H24N2O5S/c1-26(22,23)20-9-6-14-12-15(2-3-16(14)20)17(21)19-7-4-13(5-8-19)18-24-10-11-25-18/h2-3,12-13,18H,4-11H2,1H3. The van der Waals surface area contributed by atoms with Crippen LogP contribution in [0.1, 0.15) is 28.8 Å². The van der Waals surface area contributed by atoms with Crippen molar-refractivity contribution in [2.75, 3.05) is 43.4 Å². The molecule has 0 aromatic heterocycles. The van der Waals surface area contributed by atoms with Crippen molar-refractivity contribution in [2.45, 2.75) is 25.6 Å². The summed E-state index contributed by atoms with van der Waals surface area (Å²) in [4.78, 5) is 14.7. The zero-order valence-electron chi connectivity index (χ0n) is 14.9. The highest BCUT2D eigenvalue weighted by Crippen LogP contribution is 2.32. The Morgan fingerprint density at radius 3 is 2.46 bits per heavy atom. The molecule has 1 aromatic rings. The van der Waals surface area contributed by atoms with Crippen molar-refractivity contribution < 1.29 is 22.7 Å². The number of carbonyl (C=O) groups is 1. The molecule has 0 unspecified atom stereocenters. The van der Waals surface area contributed by atoms with E-state index in [4.69, 9.17) is 9.47 Å². The van der Waals surface area contributed by atoms with Crippen molar-refractivity contribution in [2.24, 2.45) is 5.92 Å². The molecule has 7 nitrogen and oxygen atoms in total. The van der Waals surface area contributed by atoms with Gasteiger partial charge in [0.1, 0.15) is 0 Å². The molecule has 1 aromatic carbocycles. The second-order valence-corrected chi connectivity index (χ2v) is 9.08. The number of carbonyl (C=O) groups excluding carboxylic acids is 1. The molecule has 8 heteroatoms. The highest BCUT2D eigenvalue weighted by molar-refractivity contribution is 7.92. The van der Waals surface area contributed by atoms with Gasteiger partial charge in [-0.15, -0.1) is 0 Å². The number of anilines is 1. The Bertz CT molecular complexity index is 796. The van der Waals surface area contributed by atoms with Crippen molar-refractivity contribution in [3.05, 3.63) is 29.3 Å². The van der Waals surface area contributed by atoms with Crippen LogP contribution in [0.3, 0.4) is 0 Å². The third kappa shape index (κ3) is 3.33. The van der Waals surface area contributed by atoms with E-state index >= 15 is 0 Å². The Hall–Kier alpha value is -1.64. The average Bonchev–Trinajstić information content (AvgIpc) is 3.30. The Labute approximate surface area is 153 Å². The number of amides is 1. The molecule has 2 fully saturated rings. The van der Waals surface area contributed by atoms with Crippen LogP contribution in [0.4, 0.5) is 5.69 Å². The minimum absolute atomic E-state index is 0.0114.